The monoisotopic (exact) mass is 333 g/mol. The molecule has 0 aromatic heterocycles. The first-order chi connectivity index (χ1) is 11.4. The van der Waals surface area contributed by atoms with Crippen LogP contribution in [0.5, 0.6) is 11.5 Å². The molecule has 24 heavy (non-hydrogen) atoms. The molecule has 0 aliphatic rings. The van der Waals surface area contributed by atoms with Crippen LogP contribution in [-0.4, -0.2) is 12.3 Å². The highest BCUT2D eigenvalue weighted by atomic mass is 19.4. The fourth-order valence-electron chi connectivity index (χ4n) is 1.72. The number of hydrogen-bond donors (Lipinski definition) is 0. The highest BCUT2D eigenvalue weighted by molar-refractivity contribution is 5.88. The smallest absolute Gasteiger partial charge is 0.423 e. The molecule has 0 N–H and O–H groups in total. The molecule has 0 fully saturated rings. The minimum absolute atomic E-state index is 0.220. The molecule has 0 saturated heterocycles. The van der Waals surface area contributed by atoms with Gasteiger partial charge in [0.2, 0.25) is 0 Å². The van der Waals surface area contributed by atoms with Crippen molar-refractivity contribution >= 4 is 12.0 Å². The number of alkyl halides is 3. The molecular formula is C17H10F3NO3. The maximum absolute atomic E-state index is 12.0. The number of esters is 1. The fraction of sp³-hybridized carbons (Fsp3) is 0.0588. The predicted octanol–water partition coefficient (Wildman–Crippen LogP) is 4.08. The Balaban J connectivity index is 1.97. The van der Waals surface area contributed by atoms with Crippen molar-refractivity contribution in [3.63, 3.8) is 0 Å². The SMILES string of the molecule is N#Cc1cccc(OC(=O)/C=C/c2ccc(OC(F)(F)F)cc2)c1. The van der Waals surface area contributed by atoms with Gasteiger partial charge in [-0.3, -0.25) is 0 Å². The van der Waals surface area contributed by atoms with E-state index in [1.54, 1.807) is 12.1 Å². The van der Waals surface area contributed by atoms with Gasteiger partial charge >= 0.3 is 12.3 Å². The summed E-state index contributed by atoms with van der Waals surface area (Å²) in [5.41, 5.74) is 0.844. The predicted molar refractivity (Wildman–Crippen MR) is 79.0 cm³/mol. The highest BCUT2D eigenvalue weighted by Gasteiger charge is 2.30. The van der Waals surface area contributed by atoms with Gasteiger partial charge in [-0.1, -0.05) is 18.2 Å². The molecule has 122 valence electrons. The quantitative estimate of drug-likeness (QED) is 0.481. The molecule has 0 amide bonds. The lowest BCUT2D eigenvalue weighted by molar-refractivity contribution is -0.274. The summed E-state index contributed by atoms with van der Waals surface area (Å²) in [6.45, 7) is 0. The van der Waals surface area contributed by atoms with Crippen LogP contribution in [0.1, 0.15) is 11.1 Å². The molecular weight excluding hydrogens is 323 g/mol. The van der Waals surface area contributed by atoms with E-state index < -0.39 is 12.3 Å². The lowest BCUT2D eigenvalue weighted by Crippen LogP contribution is -2.16. The number of benzene rings is 2. The van der Waals surface area contributed by atoms with Crippen LogP contribution in [0.2, 0.25) is 0 Å². The Labute approximate surface area is 135 Å². The number of carbonyl (C=O) groups excluding carboxylic acids is 1. The van der Waals surface area contributed by atoms with Gasteiger partial charge in [-0.2, -0.15) is 5.26 Å². The van der Waals surface area contributed by atoms with E-state index in [0.29, 0.717) is 11.1 Å². The number of hydrogen-bond acceptors (Lipinski definition) is 4. The summed E-state index contributed by atoms with van der Waals surface area (Å²) < 4.78 is 44.9. The van der Waals surface area contributed by atoms with Gasteiger partial charge in [-0.15, -0.1) is 13.2 Å². The summed E-state index contributed by atoms with van der Waals surface area (Å²) in [4.78, 5) is 11.7. The van der Waals surface area contributed by atoms with Crippen LogP contribution in [0.4, 0.5) is 13.2 Å². The van der Waals surface area contributed by atoms with E-state index in [9.17, 15) is 18.0 Å². The van der Waals surface area contributed by atoms with Crippen LogP contribution in [-0.2, 0) is 4.79 Å². The number of ether oxygens (including phenoxy) is 2. The zero-order valence-electron chi connectivity index (χ0n) is 12.1. The maximum Gasteiger partial charge on any atom is 0.573 e. The molecule has 0 aliphatic carbocycles. The van der Waals surface area contributed by atoms with Gasteiger partial charge < -0.3 is 9.47 Å². The van der Waals surface area contributed by atoms with Gasteiger partial charge in [-0.25, -0.2) is 4.79 Å². The van der Waals surface area contributed by atoms with Crippen molar-refractivity contribution < 1.29 is 27.4 Å². The first-order valence-corrected chi connectivity index (χ1v) is 6.61. The van der Waals surface area contributed by atoms with Crippen LogP contribution in [0.15, 0.2) is 54.6 Å². The van der Waals surface area contributed by atoms with Gasteiger partial charge in [0.25, 0.3) is 0 Å². The standard InChI is InChI=1S/C17H10F3NO3/c18-17(19,20)24-14-7-4-12(5-8-14)6-9-16(22)23-15-3-1-2-13(10-15)11-21/h1-10H/b9-6+. The maximum atomic E-state index is 12.0. The van der Waals surface area contributed by atoms with Crippen LogP contribution >= 0.6 is 0 Å². The third kappa shape index (κ3) is 5.50. The first kappa shape index (κ1) is 17.1. The molecule has 2 aromatic rings. The lowest BCUT2D eigenvalue weighted by Gasteiger charge is -2.08. The summed E-state index contributed by atoms with van der Waals surface area (Å²) in [6, 6.07) is 13.0. The molecule has 0 radical (unpaired) electrons. The van der Waals surface area contributed by atoms with Crippen molar-refractivity contribution in [2.75, 3.05) is 0 Å². The summed E-state index contributed by atoms with van der Waals surface area (Å²) in [5, 5.41) is 8.76. The Morgan fingerprint density at radius 3 is 2.42 bits per heavy atom. The second-order valence-corrected chi connectivity index (χ2v) is 4.51. The molecule has 7 heteroatoms. The molecule has 0 atom stereocenters. The van der Waals surface area contributed by atoms with Gasteiger partial charge in [0, 0.05) is 6.08 Å². The number of nitrogens with zero attached hydrogens (tertiary/aromatic N) is 1. The van der Waals surface area contributed by atoms with Crippen LogP contribution in [0.25, 0.3) is 6.08 Å². The lowest BCUT2D eigenvalue weighted by atomic mass is 10.2. The largest absolute Gasteiger partial charge is 0.573 e. The topological polar surface area (TPSA) is 59.3 Å². The summed E-state index contributed by atoms with van der Waals surface area (Å²) >= 11 is 0. The van der Waals surface area contributed by atoms with E-state index in [2.05, 4.69) is 4.74 Å². The van der Waals surface area contributed by atoms with E-state index in [1.807, 2.05) is 6.07 Å². The van der Waals surface area contributed by atoms with E-state index in [4.69, 9.17) is 10.00 Å². The number of nitriles is 1. The Morgan fingerprint density at radius 1 is 1.08 bits per heavy atom. The normalized spacial score (nSPS) is 11.1. The minimum Gasteiger partial charge on any atom is -0.423 e. The van der Waals surface area contributed by atoms with Crippen molar-refractivity contribution in [3.05, 3.63) is 65.7 Å². The summed E-state index contributed by atoms with van der Waals surface area (Å²) in [7, 11) is 0. The first-order valence-electron chi connectivity index (χ1n) is 6.61. The molecule has 0 bridgehead atoms. The zero-order valence-corrected chi connectivity index (χ0v) is 12.1. The zero-order chi connectivity index (χ0) is 17.6. The van der Waals surface area contributed by atoms with Gasteiger partial charge in [0.05, 0.1) is 11.6 Å². The Morgan fingerprint density at radius 2 is 1.79 bits per heavy atom. The number of halogens is 3. The molecule has 4 nitrogen and oxygen atoms in total. The Hall–Kier alpha value is -3.27. The van der Waals surface area contributed by atoms with Gasteiger partial charge in [-0.05, 0) is 42.0 Å². The van der Waals surface area contributed by atoms with Crippen molar-refractivity contribution in [2.45, 2.75) is 6.36 Å². The van der Waals surface area contributed by atoms with E-state index in [1.165, 1.54) is 30.3 Å². The second kappa shape index (κ2) is 7.33. The molecule has 0 unspecified atom stereocenters. The molecule has 2 rings (SSSR count). The molecule has 0 saturated carbocycles. The van der Waals surface area contributed by atoms with Crippen LogP contribution < -0.4 is 9.47 Å². The summed E-state index contributed by atoms with van der Waals surface area (Å²) in [6.07, 6.45) is -2.24. The van der Waals surface area contributed by atoms with Gasteiger partial charge in [0.15, 0.2) is 0 Å². The van der Waals surface area contributed by atoms with Crippen molar-refractivity contribution in [2.24, 2.45) is 0 Å². The average molecular weight is 333 g/mol. The average Bonchev–Trinajstić information content (AvgIpc) is 2.53. The van der Waals surface area contributed by atoms with Crippen molar-refractivity contribution in [1.82, 2.24) is 0 Å². The Kier molecular flexibility index (Phi) is 5.22. The van der Waals surface area contributed by atoms with Gasteiger partial charge in [0.1, 0.15) is 11.5 Å². The van der Waals surface area contributed by atoms with Crippen molar-refractivity contribution in [3.8, 4) is 17.6 Å². The number of carbonyl (C=O) groups is 1. The third-order valence-corrected chi connectivity index (χ3v) is 2.71. The van der Waals surface area contributed by atoms with E-state index >= 15 is 0 Å². The molecule has 0 heterocycles. The fourth-order valence-corrected chi connectivity index (χ4v) is 1.72. The van der Waals surface area contributed by atoms with Crippen LogP contribution in [0, 0.1) is 11.3 Å². The highest BCUT2D eigenvalue weighted by Crippen LogP contribution is 2.23. The third-order valence-electron chi connectivity index (χ3n) is 2.71. The molecule has 0 aliphatic heterocycles. The van der Waals surface area contributed by atoms with E-state index in [-0.39, 0.29) is 11.5 Å². The number of rotatable bonds is 4. The minimum atomic E-state index is -4.75. The molecule has 0 spiro atoms. The second-order valence-electron chi connectivity index (χ2n) is 4.51. The Bertz CT molecular complexity index is 790. The summed E-state index contributed by atoms with van der Waals surface area (Å²) in [5.74, 6) is -0.811. The molecule has 2 aromatic carbocycles. The van der Waals surface area contributed by atoms with E-state index in [0.717, 1.165) is 18.2 Å². The van der Waals surface area contributed by atoms with Crippen LogP contribution in [0.3, 0.4) is 0 Å². The van der Waals surface area contributed by atoms with Crippen molar-refractivity contribution in [1.29, 1.82) is 5.26 Å².